The predicted molar refractivity (Wildman–Crippen MR) is 63.3 cm³/mol. The molecule has 2 N–H and O–H groups in total. The smallest absolute Gasteiger partial charge is 0.192 e. The fourth-order valence-corrected chi connectivity index (χ4v) is 1.54. The number of H-pyrrole nitrogens is 1. The van der Waals surface area contributed by atoms with Crippen LogP contribution in [0, 0.1) is 18.8 Å². The number of aromatic nitrogens is 1. The molecule has 0 bridgehead atoms. The van der Waals surface area contributed by atoms with E-state index in [2.05, 4.69) is 16.8 Å². The first-order chi connectivity index (χ1) is 7.72. The topological polar surface area (TPSA) is 53.1 Å². The number of fused-ring (bicyclic) bond motifs is 1. The maximum absolute atomic E-state index is 11.8. The monoisotopic (exact) mass is 213 g/mol. The zero-order valence-corrected chi connectivity index (χ0v) is 8.87. The molecule has 16 heavy (non-hydrogen) atoms. The highest BCUT2D eigenvalue weighted by molar-refractivity contribution is 5.80. The van der Waals surface area contributed by atoms with E-state index in [1.165, 1.54) is 0 Å². The van der Waals surface area contributed by atoms with E-state index in [4.69, 9.17) is 5.11 Å². The molecule has 2 rings (SSSR count). The van der Waals surface area contributed by atoms with Crippen molar-refractivity contribution in [1.82, 2.24) is 4.98 Å². The number of aryl methyl sites for hydroxylation is 1. The molecule has 0 aliphatic rings. The molecule has 1 aromatic carbocycles. The Labute approximate surface area is 92.7 Å². The lowest BCUT2D eigenvalue weighted by Gasteiger charge is -1.99. The van der Waals surface area contributed by atoms with Crippen LogP contribution in [0.2, 0.25) is 0 Å². The first-order valence-electron chi connectivity index (χ1n) is 4.94. The second kappa shape index (κ2) is 4.21. The summed E-state index contributed by atoms with van der Waals surface area (Å²) in [6, 6.07) is 5.37. The second-order valence-electron chi connectivity index (χ2n) is 3.52. The highest BCUT2D eigenvalue weighted by Gasteiger charge is 2.01. The van der Waals surface area contributed by atoms with Crippen molar-refractivity contribution in [2.24, 2.45) is 0 Å². The third kappa shape index (κ3) is 1.83. The molecule has 0 aliphatic carbocycles. The van der Waals surface area contributed by atoms with Crippen LogP contribution < -0.4 is 5.43 Å². The molecular formula is C13H11NO2. The largest absolute Gasteiger partial charge is 0.384 e. The molecule has 0 saturated carbocycles. The minimum Gasteiger partial charge on any atom is -0.384 e. The Hall–Kier alpha value is -2.05. The summed E-state index contributed by atoms with van der Waals surface area (Å²) < 4.78 is 0. The summed E-state index contributed by atoms with van der Waals surface area (Å²) in [5.41, 5.74) is 2.23. The van der Waals surface area contributed by atoms with E-state index in [9.17, 15) is 4.79 Å². The Morgan fingerprint density at radius 1 is 1.44 bits per heavy atom. The number of aliphatic hydroxyl groups is 1. The average Bonchev–Trinajstić information content (AvgIpc) is 2.31. The number of benzene rings is 1. The Bertz CT molecular complexity index is 644. The van der Waals surface area contributed by atoms with E-state index in [0.29, 0.717) is 10.9 Å². The maximum atomic E-state index is 11.8. The van der Waals surface area contributed by atoms with Gasteiger partial charge in [-0.1, -0.05) is 11.8 Å². The lowest BCUT2D eigenvalue weighted by Crippen LogP contribution is -2.06. The van der Waals surface area contributed by atoms with Crippen LogP contribution in [0.4, 0.5) is 0 Å². The molecule has 0 radical (unpaired) electrons. The van der Waals surface area contributed by atoms with Crippen LogP contribution in [-0.2, 0) is 0 Å². The minimum absolute atomic E-state index is 0.0152. The number of aromatic amines is 1. The van der Waals surface area contributed by atoms with E-state index >= 15 is 0 Å². The van der Waals surface area contributed by atoms with Gasteiger partial charge in [-0.25, -0.2) is 0 Å². The lowest BCUT2D eigenvalue weighted by atomic mass is 10.1. The summed E-state index contributed by atoms with van der Waals surface area (Å²) in [6.45, 7) is 1.59. The van der Waals surface area contributed by atoms with Gasteiger partial charge >= 0.3 is 0 Å². The first kappa shape index (κ1) is 10.5. The Kier molecular flexibility index (Phi) is 2.76. The van der Waals surface area contributed by atoms with Crippen molar-refractivity contribution in [3.05, 3.63) is 45.7 Å². The first-order valence-corrected chi connectivity index (χ1v) is 4.94. The van der Waals surface area contributed by atoms with Crippen LogP contribution in [0.5, 0.6) is 0 Å². The van der Waals surface area contributed by atoms with Gasteiger partial charge < -0.3 is 10.1 Å². The van der Waals surface area contributed by atoms with Crippen molar-refractivity contribution < 1.29 is 5.11 Å². The van der Waals surface area contributed by atoms with Crippen molar-refractivity contribution in [2.45, 2.75) is 6.92 Å². The number of hydrogen-bond acceptors (Lipinski definition) is 2. The second-order valence-corrected chi connectivity index (χ2v) is 3.52. The van der Waals surface area contributed by atoms with Gasteiger partial charge in [0.2, 0.25) is 0 Å². The number of aliphatic hydroxyl groups excluding tert-OH is 1. The summed E-state index contributed by atoms with van der Waals surface area (Å²) in [7, 11) is 0. The van der Waals surface area contributed by atoms with Gasteiger partial charge in [0.05, 0.1) is 0 Å². The van der Waals surface area contributed by atoms with Crippen molar-refractivity contribution >= 4 is 10.9 Å². The van der Waals surface area contributed by atoms with Crippen LogP contribution in [0.1, 0.15) is 11.1 Å². The fourth-order valence-electron chi connectivity index (χ4n) is 1.54. The molecule has 3 heteroatoms. The zero-order valence-electron chi connectivity index (χ0n) is 8.87. The van der Waals surface area contributed by atoms with E-state index in [1.54, 1.807) is 19.2 Å². The van der Waals surface area contributed by atoms with Crippen molar-refractivity contribution in [1.29, 1.82) is 0 Å². The summed E-state index contributed by atoms with van der Waals surface area (Å²) in [5.74, 6) is 5.34. The number of pyridine rings is 1. The fraction of sp³-hybridized carbons (Fsp3) is 0.154. The van der Waals surface area contributed by atoms with Crippen LogP contribution in [0.25, 0.3) is 10.9 Å². The van der Waals surface area contributed by atoms with Gasteiger partial charge in [0.1, 0.15) is 6.61 Å². The summed E-state index contributed by atoms with van der Waals surface area (Å²) in [4.78, 5) is 14.9. The molecule has 0 atom stereocenters. The van der Waals surface area contributed by atoms with Gasteiger partial charge in [0.25, 0.3) is 0 Å². The lowest BCUT2D eigenvalue weighted by molar-refractivity contribution is 0.350. The molecule has 0 aliphatic heterocycles. The van der Waals surface area contributed by atoms with Gasteiger partial charge in [-0.05, 0) is 25.1 Å². The van der Waals surface area contributed by atoms with Crippen molar-refractivity contribution in [2.75, 3.05) is 6.61 Å². The summed E-state index contributed by atoms with van der Waals surface area (Å²) in [5, 5.41) is 9.23. The minimum atomic E-state index is -0.178. The molecular weight excluding hydrogens is 202 g/mol. The highest BCUT2D eigenvalue weighted by Crippen LogP contribution is 2.10. The molecule has 1 heterocycles. The molecule has 0 saturated heterocycles. The van der Waals surface area contributed by atoms with Crippen molar-refractivity contribution in [3.8, 4) is 11.8 Å². The maximum Gasteiger partial charge on any atom is 0.192 e. The predicted octanol–water partition coefficient (Wildman–Crippen LogP) is 1.18. The van der Waals surface area contributed by atoms with Crippen LogP contribution in [-0.4, -0.2) is 16.7 Å². The van der Waals surface area contributed by atoms with E-state index < -0.39 is 0 Å². The molecule has 0 amide bonds. The van der Waals surface area contributed by atoms with E-state index in [0.717, 1.165) is 11.1 Å². The average molecular weight is 213 g/mol. The van der Waals surface area contributed by atoms with E-state index in [-0.39, 0.29) is 12.0 Å². The number of hydrogen-bond donors (Lipinski definition) is 2. The van der Waals surface area contributed by atoms with Crippen molar-refractivity contribution in [3.63, 3.8) is 0 Å². The standard InChI is InChI=1S/C13H11NO2/c1-9-8-14-12-5-4-10(3-2-6-15)7-11(12)13(9)16/h4-5,7-8,15H,6H2,1H3,(H,14,16). The van der Waals surface area contributed by atoms with Crippen LogP contribution in [0.3, 0.4) is 0 Å². The Balaban J connectivity index is 2.69. The molecule has 1 aromatic heterocycles. The van der Waals surface area contributed by atoms with Gasteiger partial charge in [-0.15, -0.1) is 0 Å². The van der Waals surface area contributed by atoms with Gasteiger partial charge in [0, 0.05) is 28.2 Å². The molecule has 0 unspecified atom stereocenters. The normalized spacial score (nSPS) is 9.88. The van der Waals surface area contributed by atoms with Gasteiger partial charge in [-0.3, -0.25) is 4.79 Å². The SMILES string of the molecule is Cc1c[nH]c2ccc(C#CCO)cc2c1=O. The molecule has 0 spiro atoms. The molecule has 2 aromatic rings. The summed E-state index contributed by atoms with van der Waals surface area (Å²) in [6.07, 6.45) is 1.70. The van der Waals surface area contributed by atoms with Crippen LogP contribution >= 0.6 is 0 Å². The number of rotatable bonds is 0. The molecule has 0 fully saturated rings. The third-order valence-corrected chi connectivity index (χ3v) is 2.38. The summed E-state index contributed by atoms with van der Waals surface area (Å²) >= 11 is 0. The Morgan fingerprint density at radius 2 is 2.25 bits per heavy atom. The third-order valence-electron chi connectivity index (χ3n) is 2.38. The molecule has 80 valence electrons. The Morgan fingerprint density at radius 3 is 3.00 bits per heavy atom. The quantitative estimate of drug-likeness (QED) is 0.646. The van der Waals surface area contributed by atoms with Crippen LogP contribution in [0.15, 0.2) is 29.2 Å². The number of nitrogens with one attached hydrogen (secondary N) is 1. The van der Waals surface area contributed by atoms with Gasteiger partial charge in [0.15, 0.2) is 5.43 Å². The molecule has 3 nitrogen and oxygen atoms in total. The zero-order chi connectivity index (χ0) is 11.5. The highest BCUT2D eigenvalue weighted by atomic mass is 16.2. The van der Waals surface area contributed by atoms with E-state index in [1.807, 2.05) is 12.1 Å². The van der Waals surface area contributed by atoms with Gasteiger partial charge in [-0.2, -0.15) is 0 Å².